The number of hydrogen-bond acceptors (Lipinski definition) is 1. The fraction of sp³-hybridized carbons (Fsp3) is 0.417. The number of nitrogens with one attached hydrogen (secondary N) is 2. The zero-order chi connectivity index (χ0) is 12.1. The highest BCUT2D eigenvalue weighted by Crippen LogP contribution is 2.23. The van der Waals surface area contributed by atoms with Gasteiger partial charge >= 0.3 is 0 Å². The molecule has 0 bridgehead atoms. The summed E-state index contributed by atoms with van der Waals surface area (Å²) >= 11 is 8.71. The summed E-state index contributed by atoms with van der Waals surface area (Å²) in [5.41, 5.74) is 2.21. The summed E-state index contributed by atoms with van der Waals surface area (Å²) in [4.78, 5) is 0. The predicted molar refractivity (Wildman–Crippen MR) is 77.9 cm³/mol. The van der Waals surface area contributed by atoms with Crippen LogP contribution in [0, 0.1) is 12.8 Å². The summed E-state index contributed by atoms with van der Waals surface area (Å²) in [5.74, 6) is 0.584. The van der Waals surface area contributed by atoms with Crippen LogP contribution in [-0.2, 0) is 0 Å². The van der Waals surface area contributed by atoms with Gasteiger partial charge in [-0.05, 0) is 58.7 Å². The molecule has 1 rings (SSSR count). The van der Waals surface area contributed by atoms with Crippen molar-refractivity contribution < 1.29 is 0 Å². The Morgan fingerprint density at radius 3 is 2.69 bits per heavy atom. The van der Waals surface area contributed by atoms with Gasteiger partial charge in [-0.2, -0.15) is 0 Å². The third kappa shape index (κ3) is 4.49. The molecule has 0 saturated heterocycles. The highest BCUT2D eigenvalue weighted by Gasteiger charge is 2.02. The van der Waals surface area contributed by atoms with Crippen molar-refractivity contribution in [3.8, 4) is 0 Å². The van der Waals surface area contributed by atoms with Crippen molar-refractivity contribution in [3.63, 3.8) is 0 Å². The molecule has 0 saturated carbocycles. The molecule has 0 aliphatic heterocycles. The molecule has 4 heteroatoms. The van der Waals surface area contributed by atoms with Gasteiger partial charge in [-0.3, -0.25) is 0 Å². The molecule has 0 amide bonds. The Bertz CT molecular complexity index is 377. The highest BCUT2D eigenvalue weighted by molar-refractivity contribution is 9.10. The normalized spacial score (nSPS) is 10.3. The van der Waals surface area contributed by atoms with E-state index in [2.05, 4.69) is 59.5 Å². The average Bonchev–Trinajstić information content (AvgIpc) is 2.19. The van der Waals surface area contributed by atoms with E-state index in [1.165, 1.54) is 5.56 Å². The fourth-order valence-corrected chi connectivity index (χ4v) is 1.97. The molecule has 16 heavy (non-hydrogen) atoms. The molecule has 0 aromatic heterocycles. The monoisotopic (exact) mass is 300 g/mol. The van der Waals surface area contributed by atoms with Crippen LogP contribution in [0.2, 0.25) is 0 Å². The van der Waals surface area contributed by atoms with E-state index in [0.717, 1.165) is 16.7 Å². The Morgan fingerprint density at radius 2 is 2.12 bits per heavy atom. The summed E-state index contributed by atoms with van der Waals surface area (Å²) in [7, 11) is 0. The summed E-state index contributed by atoms with van der Waals surface area (Å²) in [6.07, 6.45) is 0. The molecule has 0 spiro atoms. The zero-order valence-corrected chi connectivity index (χ0v) is 12.2. The maximum absolute atomic E-state index is 5.20. The van der Waals surface area contributed by atoms with Crippen LogP contribution in [0.5, 0.6) is 0 Å². The second kappa shape index (κ2) is 6.21. The first-order valence-electron chi connectivity index (χ1n) is 5.30. The van der Waals surface area contributed by atoms with Gasteiger partial charge in [-0.1, -0.05) is 19.9 Å². The molecule has 0 unspecified atom stereocenters. The van der Waals surface area contributed by atoms with Crippen molar-refractivity contribution in [2.75, 3.05) is 11.9 Å². The molecule has 0 atom stereocenters. The van der Waals surface area contributed by atoms with E-state index >= 15 is 0 Å². The SMILES string of the molecule is Cc1ccc(NC(=S)NCC(C)C)c(Br)c1. The van der Waals surface area contributed by atoms with Crippen molar-refractivity contribution >= 4 is 38.9 Å². The molecular formula is C12H17BrN2S. The Labute approximate surface area is 111 Å². The van der Waals surface area contributed by atoms with Crippen LogP contribution >= 0.6 is 28.1 Å². The van der Waals surface area contributed by atoms with Crippen LogP contribution in [0.4, 0.5) is 5.69 Å². The highest BCUT2D eigenvalue weighted by atomic mass is 79.9. The van der Waals surface area contributed by atoms with Crippen LogP contribution in [0.1, 0.15) is 19.4 Å². The third-order valence-electron chi connectivity index (χ3n) is 2.04. The number of aryl methyl sites for hydroxylation is 1. The number of hydrogen-bond donors (Lipinski definition) is 2. The molecule has 0 radical (unpaired) electrons. The zero-order valence-electron chi connectivity index (χ0n) is 9.80. The number of benzene rings is 1. The molecule has 1 aromatic rings. The van der Waals surface area contributed by atoms with Crippen LogP contribution in [0.15, 0.2) is 22.7 Å². The minimum atomic E-state index is 0.584. The lowest BCUT2D eigenvalue weighted by molar-refractivity contribution is 0.627. The molecule has 0 aliphatic rings. The molecule has 88 valence electrons. The van der Waals surface area contributed by atoms with Gasteiger partial charge in [0.15, 0.2) is 5.11 Å². The molecule has 1 aromatic carbocycles. The number of thiocarbonyl (C=S) groups is 1. The van der Waals surface area contributed by atoms with Gasteiger partial charge in [0, 0.05) is 11.0 Å². The largest absolute Gasteiger partial charge is 0.362 e. The Morgan fingerprint density at radius 1 is 1.44 bits per heavy atom. The van der Waals surface area contributed by atoms with E-state index in [-0.39, 0.29) is 0 Å². The second-order valence-corrected chi connectivity index (χ2v) is 5.47. The van der Waals surface area contributed by atoms with Crippen molar-refractivity contribution in [2.45, 2.75) is 20.8 Å². The lowest BCUT2D eigenvalue weighted by Gasteiger charge is -2.13. The Hall–Kier alpha value is -0.610. The molecule has 0 heterocycles. The maximum atomic E-state index is 5.20. The number of rotatable bonds is 3. The minimum absolute atomic E-state index is 0.584. The standard InChI is InChI=1S/C12H17BrN2S/c1-8(2)7-14-12(16)15-11-5-4-9(3)6-10(11)13/h4-6,8H,7H2,1-3H3,(H2,14,15,16). The van der Waals surface area contributed by atoms with E-state index in [1.54, 1.807) is 0 Å². The van der Waals surface area contributed by atoms with Crippen LogP contribution in [-0.4, -0.2) is 11.7 Å². The van der Waals surface area contributed by atoms with Crippen LogP contribution in [0.25, 0.3) is 0 Å². The second-order valence-electron chi connectivity index (χ2n) is 4.21. The number of halogens is 1. The Balaban J connectivity index is 2.56. The summed E-state index contributed by atoms with van der Waals surface area (Å²) in [6.45, 7) is 7.24. The first-order chi connectivity index (χ1) is 7.49. The van der Waals surface area contributed by atoms with Gasteiger partial charge in [-0.15, -0.1) is 0 Å². The first kappa shape index (κ1) is 13.5. The first-order valence-corrected chi connectivity index (χ1v) is 6.50. The predicted octanol–water partition coefficient (Wildman–Crippen LogP) is 3.70. The van der Waals surface area contributed by atoms with Crippen molar-refractivity contribution in [1.82, 2.24) is 5.32 Å². The van der Waals surface area contributed by atoms with E-state index in [9.17, 15) is 0 Å². The van der Waals surface area contributed by atoms with Crippen molar-refractivity contribution in [1.29, 1.82) is 0 Å². The van der Waals surface area contributed by atoms with Crippen molar-refractivity contribution in [3.05, 3.63) is 28.2 Å². The Kier molecular flexibility index (Phi) is 5.22. The fourth-order valence-electron chi connectivity index (χ4n) is 1.18. The molecule has 0 fully saturated rings. The smallest absolute Gasteiger partial charge is 0.170 e. The summed E-state index contributed by atoms with van der Waals surface area (Å²) in [6, 6.07) is 6.13. The third-order valence-corrected chi connectivity index (χ3v) is 2.95. The van der Waals surface area contributed by atoms with E-state index in [0.29, 0.717) is 11.0 Å². The van der Waals surface area contributed by atoms with Gasteiger partial charge in [0.2, 0.25) is 0 Å². The van der Waals surface area contributed by atoms with Gasteiger partial charge in [-0.25, -0.2) is 0 Å². The quantitative estimate of drug-likeness (QED) is 0.833. The van der Waals surface area contributed by atoms with Gasteiger partial charge in [0.1, 0.15) is 0 Å². The molecule has 0 aliphatic carbocycles. The summed E-state index contributed by atoms with van der Waals surface area (Å²) in [5, 5.41) is 7.00. The van der Waals surface area contributed by atoms with Crippen LogP contribution in [0.3, 0.4) is 0 Å². The van der Waals surface area contributed by atoms with E-state index in [4.69, 9.17) is 12.2 Å². The topological polar surface area (TPSA) is 24.1 Å². The van der Waals surface area contributed by atoms with E-state index in [1.807, 2.05) is 6.07 Å². The maximum Gasteiger partial charge on any atom is 0.170 e. The van der Waals surface area contributed by atoms with Gasteiger partial charge < -0.3 is 10.6 Å². The van der Waals surface area contributed by atoms with Crippen LogP contribution < -0.4 is 10.6 Å². The number of anilines is 1. The average molecular weight is 301 g/mol. The molecule has 2 nitrogen and oxygen atoms in total. The summed E-state index contributed by atoms with van der Waals surface area (Å²) < 4.78 is 1.03. The molecular weight excluding hydrogens is 284 g/mol. The van der Waals surface area contributed by atoms with E-state index < -0.39 is 0 Å². The molecule has 2 N–H and O–H groups in total. The van der Waals surface area contributed by atoms with Gasteiger partial charge in [0.05, 0.1) is 5.69 Å². The lowest BCUT2D eigenvalue weighted by atomic mass is 10.2. The minimum Gasteiger partial charge on any atom is -0.362 e. The lowest BCUT2D eigenvalue weighted by Crippen LogP contribution is -2.31. The van der Waals surface area contributed by atoms with Gasteiger partial charge in [0.25, 0.3) is 0 Å². The van der Waals surface area contributed by atoms with Crippen molar-refractivity contribution in [2.24, 2.45) is 5.92 Å².